The van der Waals surface area contributed by atoms with Crippen molar-refractivity contribution in [2.24, 2.45) is 5.92 Å². The predicted molar refractivity (Wildman–Crippen MR) is 70.8 cm³/mol. The second-order valence-electron chi connectivity index (χ2n) is 4.80. The van der Waals surface area contributed by atoms with E-state index in [-0.39, 0.29) is 5.91 Å². The summed E-state index contributed by atoms with van der Waals surface area (Å²) in [7, 11) is 0. The number of carbonyl (C=O) groups is 1. The molecule has 0 spiro atoms. The first-order chi connectivity index (χ1) is 8.09. The van der Waals surface area contributed by atoms with Gasteiger partial charge in [0.2, 0.25) is 0 Å². The third-order valence-electron chi connectivity index (χ3n) is 3.26. The first-order valence-electron chi connectivity index (χ1n) is 6.03. The van der Waals surface area contributed by atoms with Gasteiger partial charge in [-0.1, -0.05) is 19.9 Å². The van der Waals surface area contributed by atoms with E-state index in [4.69, 9.17) is 0 Å². The van der Waals surface area contributed by atoms with Crippen molar-refractivity contribution in [1.29, 1.82) is 0 Å². The standard InChI is InChI=1S/C13H17BrN2O/c1-9(2)11-6-4-8-16(11)13(17)10-5-3-7-12(14)15-10/h3,5,7,9,11H,4,6,8H2,1-2H3. The van der Waals surface area contributed by atoms with Crippen LogP contribution in [0.3, 0.4) is 0 Å². The van der Waals surface area contributed by atoms with E-state index in [0.717, 1.165) is 19.4 Å². The zero-order valence-corrected chi connectivity index (χ0v) is 11.8. The van der Waals surface area contributed by atoms with E-state index >= 15 is 0 Å². The Balaban J connectivity index is 2.20. The molecule has 0 bridgehead atoms. The van der Waals surface area contributed by atoms with Gasteiger partial charge in [-0.25, -0.2) is 4.98 Å². The molecule has 0 saturated carbocycles. The van der Waals surface area contributed by atoms with Crippen LogP contribution < -0.4 is 0 Å². The van der Waals surface area contributed by atoms with Crippen LogP contribution in [-0.4, -0.2) is 28.4 Å². The Kier molecular flexibility index (Phi) is 3.82. The second-order valence-corrected chi connectivity index (χ2v) is 5.61. The molecule has 0 radical (unpaired) electrons. The second kappa shape index (κ2) is 5.17. The van der Waals surface area contributed by atoms with Gasteiger partial charge in [-0.3, -0.25) is 4.79 Å². The molecule has 1 aliphatic heterocycles. The van der Waals surface area contributed by atoms with Crippen LogP contribution in [0.15, 0.2) is 22.8 Å². The summed E-state index contributed by atoms with van der Waals surface area (Å²) < 4.78 is 0.712. The molecule has 1 fully saturated rings. The van der Waals surface area contributed by atoms with Crippen LogP contribution in [0.1, 0.15) is 37.2 Å². The van der Waals surface area contributed by atoms with Gasteiger partial charge in [0, 0.05) is 12.6 Å². The van der Waals surface area contributed by atoms with Gasteiger partial charge in [0.1, 0.15) is 10.3 Å². The van der Waals surface area contributed by atoms with E-state index < -0.39 is 0 Å². The van der Waals surface area contributed by atoms with Crippen molar-refractivity contribution >= 4 is 21.8 Å². The monoisotopic (exact) mass is 296 g/mol. The lowest BCUT2D eigenvalue weighted by Crippen LogP contribution is -2.38. The van der Waals surface area contributed by atoms with Crippen molar-refractivity contribution in [3.05, 3.63) is 28.5 Å². The first kappa shape index (κ1) is 12.6. The minimum atomic E-state index is 0.0579. The molecule has 1 unspecified atom stereocenters. The predicted octanol–water partition coefficient (Wildman–Crippen LogP) is 3.10. The van der Waals surface area contributed by atoms with E-state index in [9.17, 15) is 4.79 Å². The number of nitrogens with zero attached hydrogens (tertiary/aromatic N) is 2. The highest BCUT2D eigenvalue weighted by Crippen LogP contribution is 2.25. The largest absolute Gasteiger partial charge is 0.334 e. The summed E-state index contributed by atoms with van der Waals surface area (Å²) in [5.74, 6) is 0.566. The molecule has 0 aromatic carbocycles. The van der Waals surface area contributed by atoms with Crippen molar-refractivity contribution in [3.63, 3.8) is 0 Å². The number of rotatable bonds is 2. The average molecular weight is 297 g/mol. The molecular weight excluding hydrogens is 280 g/mol. The lowest BCUT2D eigenvalue weighted by atomic mass is 10.0. The Bertz CT molecular complexity index is 420. The molecule has 1 aromatic heterocycles. The maximum atomic E-state index is 12.4. The molecule has 4 heteroatoms. The fourth-order valence-electron chi connectivity index (χ4n) is 2.41. The SMILES string of the molecule is CC(C)C1CCCN1C(=O)c1cccc(Br)n1. The van der Waals surface area contributed by atoms with E-state index in [0.29, 0.717) is 22.3 Å². The van der Waals surface area contributed by atoms with Crippen molar-refractivity contribution in [2.45, 2.75) is 32.7 Å². The Morgan fingerprint density at radius 1 is 1.53 bits per heavy atom. The van der Waals surface area contributed by atoms with E-state index in [1.54, 1.807) is 6.07 Å². The molecular formula is C13H17BrN2O. The van der Waals surface area contributed by atoms with Crippen LogP contribution in [0, 0.1) is 5.92 Å². The minimum Gasteiger partial charge on any atom is -0.334 e. The average Bonchev–Trinajstić information content (AvgIpc) is 2.77. The quantitative estimate of drug-likeness (QED) is 0.786. The number of pyridine rings is 1. The molecule has 0 N–H and O–H groups in total. The van der Waals surface area contributed by atoms with Crippen molar-refractivity contribution in [2.75, 3.05) is 6.54 Å². The van der Waals surface area contributed by atoms with E-state index in [1.807, 2.05) is 17.0 Å². The van der Waals surface area contributed by atoms with Crippen LogP contribution in [0.4, 0.5) is 0 Å². The number of hydrogen-bond acceptors (Lipinski definition) is 2. The summed E-state index contributed by atoms with van der Waals surface area (Å²) in [6.45, 7) is 5.20. The molecule has 3 nitrogen and oxygen atoms in total. The molecule has 0 aliphatic carbocycles. The zero-order valence-electron chi connectivity index (χ0n) is 10.2. The van der Waals surface area contributed by atoms with Gasteiger partial charge in [0.15, 0.2) is 0 Å². The minimum absolute atomic E-state index is 0.0579. The van der Waals surface area contributed by atoms with E-state index in [2.05, 4.69) is 34.8 Å². The zero-order chi connectivity index (χ0) is 12.4. The van der Waals surface area contributed by atoms with Crippen LogP contribution >= 0.6 is 15.9 Å². The number of hydrogen-bond donors (Lipinski definition) is 0. The Labute approximate surface area is 110 Å². The number of amides is 1. The molecule has 17 heavy (non-hydrogen) atoms. The summed E-state index contributed by atoms with van der Waals surface area (Å²) in [5.41, 5.74) is 0.534. The van der Waals surface area contributed by atoms with Gasteiger partial charge < -0.3 is 4.90 Å². The first-order valence-corrected chi connectivity index (χ1v) is 6.82. The van der Waals surface area contributed by atoms with Crippen LogP contribution in [-0.2, 0) is 0 Å². The van der Waals surface area contributed by atoms with Gasteiger partial charge in [0.05, 0.1) is 0 Å². The Hall–Kier alpha value is -0.900. The van der Waals surface area contributed by atoms with Crippen LogP contribution in [0.5, 0.6) is 0 Å². The normalized spacial score (nSPS) is 20.0. The van der Waals surface area contributed by atoms with Gasteiger partial charge in [-0.2, -0.15) is 0 Å². The molecule has 1 aromatic rings. The molecule has 1 atom stereocenters. The molecule has 1 aliphatic rings. The Morgan fingerprint density at radius 2 is 2.29 bits per heavy atom. The fraction of sp³-hybridized carbons (Fsp3) is 0.538. The van der Waals surface area contributed by atoms with Crippen molar-refractivity contribution < 1.29 is 4.79 Å². The topological polar surface area (TPSA) is 33.2 Å². The highest BCUT2D eigenvalue weighted by molar-refractivity contribution is 9.10. The number of carbonyl (C=O) groups excluding carboxylic acids is 1. The summed E-state index contributed by atoms with van der Waals surface area (Å²) in [5, 5.41) is 0. The van der Waals surface area contributed by atoms with Gasteiger partial charge in [0.25, 0.3) is 5.91 Å². The summed E-state index contributed by atoms with van der Waals surface area (Å²) in [4.78, 5) is 18.6. The summed E-state index contributed by atoms with van der Waals surface area (Å²) in [6.07, 6.45) is 2.21. The van der Waals surface area contributed by atoms with Crippen LogP contribution in [0.25, 0.3) is 0 Å². The van der Waals surface area contributed by atoms with E-state index in [1.165, 1.54) is 0 Å². The van der Waals surface area contributed by atoms with Crippen molar-refractivity contribution in [3.8, 4) is 0 Å². The highest BCUT2D eigenvalue weighted by atomic mass is 79.9. The summed E-state index contributed by atoms with van der Waals surface area (Å²) >= 11 is 3.30. The van der Waals surface area contributed by atoms with Gasteiger partial charge >= 0.3 is 0 Å². The molecule has 1 amide bonds. The molecule has 92 valence electrons. The molecule has 2 heterocycles. The van der Waals surface area contributed by atoms with Crippen molar-refractivity contribution in [1.82, 2.24) is 9.88 Å². The lowest BCUT2D eigenvalue weighted by Gasteiger charge is -2.27. The maximum absolute atomic E-state index is 12.4. The Morgan fingerprint density at radius 3 is 2.94 bits per heavy atom. The third kappa shape index (κ3) is 2.68. The van der Waals surface area contributed by atoms with Crippen LogP contribution in [0.2, 0.25) is 0 Å². The number of aromatic nitrogens is 1. The smallest absolute Gasteiger partial charge is 0.272 e. The molecule has 1 saturated heterocycles. The lowest BCUT2D eigenvalue weighted by molar-refractivity contribution is 0.0695. The molecule has 2 rings (SSSR count). The highest BCUT2D eigenvalue weighted by Gasteiger charge is 2.31. The third-order valence-corrected chi connectivity index (χ3v) is 3.71. The van der Waals surface area contributed by atoms with Gasteiger partial charge in [-0.05, 0) is 46.8 Å². The fourth-order valence-corrected chi connectivity index (χ4v) is 2.76. The maximum Gasteiger partial charge on any atom is 0.272 e. The van der Waals surface area contributed by atoms with Gasteiger partial charge in [-0.15, -0.1) is 0 Å². The number of likely N-dealkylation sites (tertiary alicyclic amines) is 1. The summed E-state index contributed by atoms with van der Waals surface area (Å²) in [6, 6.07) is 5.83. The number of halogens is 1.